The summed E-state index contributed by atoms with van der Waals surface area (Å²) in [6.07, 6.45) is 7.54. The van der Waals surface area contributed by atoms with Gasteiger partial charge >= 0.3 is 0 Å². The summed E-state index contributed by atoms with van der Waals surface area (Å²) in [5.74, 6) is 1.94. The number of nitrogens with zero attached hydrogens (tertiary/aromatic N) is 1. The van der Waals surface area contributed by atoms with Crippen molar-refractivity contribution in [3.63, 3.8) is 0 Å². The van der Waals surface area contributed by atoms with Crippen molar-refractivity contribution in [1.29, 1.82) is 5.26 Å². The third-order valence-corrected chi connectivity index (χ3v) is 4.54. The maximum Gasteiger partial charge on any atom is 0.0672 e. The van der Waals surface area contributed by atoms with Crippen molar-refractivity contribution < 1.29 is 0 Å². The fourth-order valence-corrected chi connectivity index (χ4v) is 3.50. The number of hydrogen-bond acceptors (Lipinski definition) is 2. The van der Waals surface area contributed by atoms with Crippen LogP contribution in [0.1, 0.15) is 52.4 Å². The van der Waals surface area contributed by atoms with E-state index in [4.69, 9.17) is 5.26 Å². The molecule has 2 heteroatoms. The highest BCUT2D eigenvalue weighted by atomic mass is 15.0. The molecule has 0 aromatic heterocycles. The normalized spacial score (nSPS) is 44.2. The summed E-state index contributed by atoms with van der Waals surface area (Å²) >= 11 is 0. The molecule has 5 atom stereocenters. The van der Waals surface area contributed by atoms with Crippen LogP contribution in [-0.4, -0.2) is 12.1 Å². The van der Waals surface area contributed by atoms with E-state index < -0.39 is 0 Å². The molecule has 16 heavy (non-hydrogen) atoms. The van der Waals surface area contributed by atoms with Gasteiger partial charge in [-0.1, -0.05) is 20.3 Å². The zero-order valence-corrected chi connectivity index (χ0v) is 10.6. The first kappa shape index (κ1) is 11.9. The Bertz CT molecular complexity index is 268. The molecule has 2 saturated carbocycles. The quantitative estimate of drug-likeness (QED) is 0.776. The molecule has 0 amide bonds. The molecule has 0 heterocycles. The first-order valence-electron chi connectivity index (χ1n) is 6.86. The van der Waals surface area contributed by atoms with Crippen LogP contribution in [0, 0.1) is 29.1 Å². The molecule has 2 aliphatic rings. The van der Waals surface area contributed by atoms with Gasteiger partial charge in [-0.2, -0.15) is 5.26 Å². The highest BCUT2D eigenvalue weighted by molar-refractivity contribution is 4.98. The van der Waals surface area contributed by atoms with Gasteiger partial charge in [0.15, 0.2) is 0 Å². The van der Waals surface area contributed by atoms with E-state index in [-0.39, 0.29) is 5.92 Å². The van der Waals surface area contributed by atoms with Gasteiger partial charge in [-0.25, -0.2) is 0 Å². The van der Waals surface area contributed by atoms with Gasteiger partial charge in [0.2, 0.25) is 0 Å². The van der Waals surface area contributed by atoms with Crippen LogP contribution in [0.4, 0.5) is 0 Å². The van der Waals surface area contributed by atoms with Gasteiger partial charge in [0, 0.05) is 12.1 Å². The van der Waals surface area contributed by atoms with Crippen LogP contribution in [0.25, 0.3) is 0 Å². The molecule has 5 unspecified atom stereocenters. The van der Waals surface area contributed by atoms with Crippen molar-refractivity contribution in [1.82, 2.24) is 5.32 Å². The summed E-state index contributed by atoms with van der Waals surface area (Å²) in [6.45, 7) is 4.73. The molecule has 0 aromatic rings. The Morgan fingerprint density at radius 3 is 2.56 bits per heavy atom. The van der Waals surface area contributed by atoms with Gasteiger partial charge in [0.25, 0.3) is 0 Å². The Hall–Kier alpha value is -0.550. The smallest absolute Gasteiger partial charge is 0.0672 e. The molecule has 2 rings (SSSR count). The zero-order chi connectivity index (χ0) is 11.5. The Morgan fingerprint density at radius 2 is 1.88 bits per heavy atom. The van der Waals surface area contributed by atoms with E-state index in [1.54, 1.807) is 0 Å². The predicted octanol–water partition coefficient (Wildman–Crippen LogP) is 3.09. The second kappa shape index (κ2) is 5.19. The average Bonchev–Trinajstić information content (AvgIpc) is 2.69. The lowest BCUT2D eigenvalue weighted by molar-refractivity contribution is 0.208. The highest BCUT2D eigenvalue weighted by Gasteiger charge is 2.32. The molecule has 0 radical (unpaired) electrons. The highest BCUT2D eigenvalue weighted by Crippen LogP contribution is 2.32. The maximum absolute atomic E-state index is 9.08. The van der Waals surface area contributed by atoms with Crippen LogP contribution in [-0.2, 0) is 0 Å². The van der Waals surface area contributed by atoms with Crippen molar-refractivity contribution in [2.24, 2.45) is 17.8 Å². The van der Waals surface area contributed by atoms with E-state index in [1.807, 2.05) is 0 Å². The molecule has 0 saturated heterocycles. The molecule has 90 valence electrons. The van der Waals surface area contributed by atoms with E-state index in [0.29, 0.717) is 12.1 Å². The third kappa shape index (κ3) is 2.58. The minimum absolute atomic E-state index is 0.270. The molecular weight excluding hydrogens is 196 g/mol. The van der Waals surface area contributed by atoms with E-state index in [0.717, 1.165) is 18.3 Å². The zero-order valence-electron chi connectivity index (χ0n) is 10.6. The maximum atomic E-state index is 9.08. The molecule has 0 bridgehead atoms. The first-order valence-corrected chi connectivity index (χ1v) is 6.86. The number of rotatable bonds is 2. The van der Waals surface area contributed by atoms with Gasteiger partial charge < -0.3 is 5.32 Å². The van der Waals surface area contributed by atoms with Gasteiger partial charge in [-0.15, -0.1) is 0 Å². The lowest BCUT2D eigenvalue weighted by Crippen LogP contribution is -2.45. The predicted molar refractivity (Wildman–Crippen MR) is 65.8 cm³/mol. The monoisotopic (exact) mass is 220 g/mol. The van der Waals surface area contributed by atoms with E-state index in [9.17, 15) is 0 Å². The van der Waals surface area contributed by atoms with Crippen LogP contribution < -0.4 is 5.32 Å². The van der Waals surface area contributed by atoms with Crippen molar-refractivity contribution in [3.05, 3.63) is 0 Å². The largest absolute Gasteiger partial charge is 0.310 e. The molecule has 2 aliphatic carbocycles. The standard InChI is InChI=1S/C14H24N2/c1-10-6-7-13(11(2)8-10)16-14-5-3-4-12(14)9-15/h10-14,16H,3-8H2,1-2H3. The van der Waals surface area contributed by atoms with E-state index in [1.165, 1.54) is 32.1 Å². The molecule has 2 nitrogen and oxygen atoms in total. The number of hydrogen-bond donors (Lipinski definition) is 1. The summed E-state index contributed by atoms with van der Waals surface area (Å²) in [5.41, 5.74) is 0. The minimum atomic E-state index is 0.270. The fraction of sp³-hybridized carbons (Fsp3) is 0.929. The molecule has 0 spiro atoms. The van der Waals surface area contributed by atoms with Crippen LogP contribution in [0.2, 0.25) is 0 Å². The van der Waals surface area contributed by atoms with Crippen LogP contribution >= 0.6 is 0 Å². The molecule has 0 aliphatic heterocycles. The minimum Gasteiger partial charge on any atom is -0.310 e. The fourth-order valence-electron chi connectivity index (χ4n) is 3.50. The summed E-state index contributed by atoms with van der Waals surface area (Å²) in [7, 11) is 0. The summed E-state index contributed by atoms with van der Waals surface area (Å²) in [4.78, 5) is 0. The van der Waals surface area contributed by atoms with Gasteiger partial charge in [-0.3, -0.25) is 0 Å². The second-order valence-corrected chi connectivity index (χ2v) is 5.94. The topological polar surface area (TPSA) is 35.8 Å². The van der Waals surface area contributed by atoms with Crippen molar-refractivity contribution >= 4 is 0 Å². The lowest BCUT2D eigenvalue weighted by atomic mass is 9.79. The number of nitrogens with one attached hydrogen (secondary N) is 1. The summed E-state index contributed by atoms with van der Waals surface area (Å²) in [6, 6.07) is 3.60. The summed E-state index contributed by atoms with van der Waals surface area (Å²) < 4.78 is 0. The van der Waals surface area contributed by atoms with E-state index >= 15 is 0 Å². The van der Waals surface area contributed by atoms with Crippen LogP contribution in [0.15, 0.2) is 0 Å². The molecular formula is C14H24N2. The van der Waals surface area contributed by atoms with Crippen LogP contribution in [0.3, 0.4) is 0 Å². The Morgan fingerprint density at radius 1 is 1.06 bits per heavy atom. The Kier molecular flexibility index (Phi) is 3.86. The average molecular weight is 220 g/mol. The Balaban J connectivity index is 1.87. The SMILES string of the molecule is CC1CCC(NC2CCCC2C#N)C(C)C1. The third-order valence-electron chi connectivity index (χ3n) is 4.54. The van der Waals surface area contributed by atoms with Gasteiger partial charge in [0.1, 0.15) is 0 Å². The number of nitriles is 1. The van der Waals surface area contributed by atoms with Gasteiger partial charge in [-0.05, 0) is 43.9 Å². The van der Waals surface area contributed by atoms with Gasteiger partial charge in [0.05, 0.1) is 12.0 Å². The lowest BCUT2D eigenvalue weighted by Gasteiger charge is -2.35. The summed E-state index contributed by atoms with van der Waals surface area (Å²) in [5, 5.41) is 12.9. The van der Waals surface area contributed by atoms with Crippen molar-refractivity contribution in [3.8, 4) is 6.07 Å². The molecule has 1 N–H and O–H groups in total. The van der Waals surface area contributed by atoms with E-state index in [2.05, 4.69) is 25.2 Å². The second-order valence-electron chi connectivity index (χ2n) is 5.94. The van der Waals surface area contributed by atoms with Crippen LogP contribution in [0.5, 0.6) is 0 Å². The first-order chi connectivity index (χ1) is 7.70. The molecule has 0 aromatic carbocycles. The van der Waals surface area contributed by atoms with Crippen molar-refractivity contribution in [2.75, 3.05) is 0 Å². The molecule has 2 fully saturated rings. The Labute approximate surface area is 99.4 Å². The van der Waals surface area contributed by atoms with Crippen molar-refractivity contribution in [2.45, 2.75) is 64.5 Å².